The van der Waals surface area contributed by atoms with Gasteiger partial charge in [-0.05, 0) is 43.9 Å². The van der Waals surface area contributed by atoms with Gasteiger partial charge in [0, 0.05) is 17.1 Å². The molecule has 3 rings (SSSR count). The maximum absolute atomic E-state index is 13.8. The molecule has 0 bridgehead atoms. The highest BCUT2D eigenvalue weighted by Gasteiger charge is 2.45. The van der Waals surface area contributed by atoms with E-state index in [1.807, 2.05) is 0 Å². The van der Waals surface area contributed by atoms with Crippen molar-refractivity contribution in [1.29, 1.82) is 0 Å². The van der Waals surface area contributed by atoms with Gasteiger partial charge in [0.1, 0.15) is 17.9 Å². The van der Waals surface area contributed by atoms with Crippen LogP contribution in [0.2, 0.25) is 5.02 Å². The van der Waals surface area contributed by atoms with Crippen molar-refractivity contribution in [3.8, 4) is 0 Å². The fourth-order valence-electron chi connectivity index (χ4n) is 2.66. The molecule has 2 fully saturated rings. The minimum absolute atomic E-state index is 0.0586. The van der Waals surface area contributed by atoms with Crippen molar-refractivity contribution in [3.05, 3.63) is 34.6 Å². The Morgan fingerprint density at radius 2 is 2.10 bits per heavy atom. The number of hydrogen-bond donors (Lipinski definition) is 1. The van der Waals surface area contributed by atoms with Crippen molar-refractivity contribution >= 4 is 23.4 Å². The van der Waals surface area contributed by atoms with Crippen LogP contribution in [-0.4, -0.2) is 28.8 Å². The summed E-state index contributed by atoms with van der Waals surface area (Å²) in [6, 6.07) is 3.16. The maximum Gasteiger partial charge on any atom is 0.246 e. The van der Waals surface area contributed by atoms with Gasteiger partial charge in [-0.15, -0.1) is 0 Å². The fraction of sp³-hybridized carbons (Fsp3) is 0.467. The largest absolute Gasteiger partial charge is 0.342 e. The van der Waals surface area contributed by atoms with E-state index in [2.05, 4.69) is 5.32 Å². The smallest absolute Gasteiger partial charge is 0.246 e. The second-order valence-corrected chi connectivity index (χ2v) is 6.14. The first-order valence-corrected chi connectivity index (χ1v) is 7.40. The highest BCUT2D eigenvalue weighted by atomic mass is 35.5. The van der Waals surface area contributed by atoms with E-state index in [0.29, 0.717) is 10.6 Å². The standard InChI is InChI=1S/C15H16ClFN2O2/c1-8-14(20)18-13(9-2-3-9)15(21)19(8)7-10-6-11(16)4-5-12(10)17/h4-6,8-9,13H,2-3,7H2,1H3,(H,18,20). The van der Waals surface area contributed by atoms with E-state index in [1.165, 1.54) is 23.1 Å². The molecule has 1 saturated carbocycles. The molecule has 6 heteroatoms. The summed E-state index contributed by atoms with van der Waals surface area (Å²) in [5, 5.41) is 3.18. The zero-order valence-corrected chi connectivity index (χ0v) is 12.4. The number of nitrogens with zero attached hydrogens (tertiary/aromatic N) is 1. The van der Waals surface area contributed by atoms with Gasteiger partial charge in [0.25, 0.3) is 0 Å². The van der Waals surface area contributed by atoms with Gasteiger partial charge in [0.15, 0.2) is 0 Å². The topological polar surface area (TPSA) is 49.4 Å². The van der Waals surface area contributed by atoms with E-state index in [1.54, 1.807) is 6.92 Å². The predicted octanol–water partition coefficient (Wildman–Crippen LogP) is 2.10. The molecular weight excluding hydrogens is 295 g/mol. The number of piperazine rings is 1. The predicted molar refractivity (Wildman–Crippen MR) is 76.1 cm³/mol. The summed E-state index contributed by atoms with van der Waals surface area (Å²) >= 11 is 5.88. The fourth-order valence-corrected chi connectivity index (χ4v) is 2.85. The molecule has 2 aliphatic rings. The molecule has 1 aliphatic heterocycles. The van der Waals surface area contributed by atoms with Crippen molar-refractivity contribution < 1.29 is 14.0 Å². The molecule has 112 valence electrons. The molecule has 1 N–H and O–H groups in total. The Hall–Kier alpha value is -1.62. The highest BCUT2D eigenvalue weighted by molar-refractivity contribution is 6.30. The van der Waals surface area contributed by atoms with E-state index in [0.717, 1.165) is 12.8 Å². The Labute approximate surface area is 127 Å². The van der Waals surface area contributed by atoms with Crippen LogP contribution in [0.15, 0.2) is 18.2 Å². The molecule has 2 unspecified atom stereocenters. The molecule has 0 aromatic heterocycles. The van der Waals surface area contributed by atoms with Crippen LogP contribution in [0.3, 0.4) is 0 Å². The molecule has 0 spiro atoms. The Kier molecular flexibility index (Phi) is 3.61. The molecule has 2 atom stereocenters. The minimum atomic E-state index is -0.606. The molecule has 1 aromatic rings. The molecule has 1 aliphatic carbocycles. The molecule has 1 aromatic carbocycles. The molecular formula is C15H16ClFN2O2. The van der Waals surface area contributed by atoms with Gasteiger partial charge in [0.2, 0.25) is 11.8 Å². The van der Waals surface area contributed by atoms with Crippen LogP contribution in [0.5, 0.6) is 0 Å². The summed E-state index contributed by atoms with van der Waals surface area (Å²) in [5.74, 6) is -0.521. The first kappa shape index (κ1) is 14.3. The van der Waals surface area contributed by atoms with Gasteiger partial charge in [-0.2, -0.15) is 0 Å². The maximum atomic E-state index is 13.8. The minimum Gasteiger partial charge on any atom is -0.342 e. The number of amides is 2. The van der Waals surface area contributed by atoms with Crippen LogP contribution in [0.25, 0.3) is 0 Å². The second-order valence-electron chi connectivity index (χ2n) is 5.70. The average Bonchev–Trinajstić information content (AvgIpc) is 3.27. The quantitative estimate of drug-likeness (QED) is 0.929. The number of nitrogens with one attached hydrogen (secondary N) is 1. The first-order valence-electron chi connectivity index (χ1n) is 7.02. The van der Waals surface area contributed by atoms with Crippen molar-refractivity contribution in [1.82, 2.24) is 10.2 Å². The van der Waals surface area contributed by atoms with Crippen LogP contribution in [0, 0.1) is 11.7 Å². The third-order valence-corrected chi connectivity index (χ3v) is 4.37. The zero-order valence-electron chi connectivity index (χ0n) is 11.6. The second kappa shape index (κ2) is 5.30. The van der Waals surface area contributed by atoms with Gasteiger partial charge in [-0.25, -0.2) is 4.39 Å². The lowest BCUT2D eigenvalue weighted by molar-refractivity contribution is -0.150. The van der Waals surface area contributed by atoms with E-state index >= 15 is 0 Å². The lowest BCUT2D eigenvalue weighted by Crippen LogP contribution is -2.62. The van der Waals surface area contributed by atoms with Crippen molar-refractivity contribution in [3.63, 3.8) is 0 Å². The molecule has 21 heavy (non-hydrogen) atoms. The summed E-state index contributed by atoms with van der Waals surface area (Å²) in [4.78, 5) is 26.0. The molecule has 1 saturated heterocycles. The van der Waals surface area contributed by atoms with Crippen molar-refractivity contribution in [2.75, 3.05) is 0 Å². The Balaban J connectivity index is 1.85. The van der Waals surface area contributed by atoms with E-state index in [4.69, 9.17) is 11.6 Å². The Bertz CT molecular complexity index is 603. The Morgan fingerprint density at radius 3 is 2.76 bits per heavy atom. The van der Waals surface area contributed by atoms with Crippen LogP contribution in [0.1, 0.15) is 25.3 Å². The average molecular weight is 311 g/mol. The zero-order chi connectivity index (χ0) is 15.1. The lowest BCUT2D eigenvalue weighted by Gasteiger charge is -2.37. The molecule has 2 amide bonds. The first-order chi connectivity index (χ1) is 9.97. The van der Waals surface area contributed by atoms with Gasteiger partial charge in [-0.3, -0.25) is 9.59 Å². The van der Waals surface area contributed by atoms with Gasteiger partial charge in [-0.1, -0.05) is 11.6 Å². The van der Waals surface area contributed by atoms with E-state index in [-0.39, 0.29) is 24.3 Å². The van der Waals surface area contributed by atoms with Gasteiger partial charge < -0.3 is 10.2 Å². The van der Waals surface area contributed by atoms with Crippen molar-refractivity contribution in [2.45, 2.75) is 38.4 Å². The van der Waals surface area contributed by atoms with Gasteiger partial charge in [0.05, 0.1) is 0 Å². The summed E-state index contributed by atoms with van der Waals surface area (Å²) in [5.41, 5.74) is 0.326. The third-order valence-electron chi connectivity index (χ3n) is 4.14. The normalized spacial score (nSPS) is 26.0. The monoisotopic (exact) mass is 310 g/mol. The number of carbonyl (C=O) groups is 2. The Morgan fingerprint density at radius 1 is 1.38 bits per heavy atom. The van der Waals surface area contributed by atoms with E-state index in [9.17, 15) is 14.0 Å². The number of halogens is 2. The van der Waals surface area contributed by atoms with Gasteiger partial charge >= 0.3 is 0 Å². The van der Waals surface area contributed by atoms with Crippen LogP contribution < -0.4 is 5.32 Å². The number of hydrogen-bond acceptors (Lipinski definition) is 2. The SMILES string of the molecule is CC1C(=O)NC(C2CC2)C(=O)N1Cc1cc(Cl)ccc1F. The number of rotatable bonds is 3. The number of benzene rings is 1. The van der Waals surface area contributed by atoms with Crippen LogP contribution in [0.4, 0.5) is 4.39 Å². The summed E-state index contributed by atoms with van der Waals surface area (Å²) in [6.45, 7) is 1.71. The molecule has 0 radical (unpaired) electrons. The van der Waals surface area contributed by atoms with Crippen LogP contribution in [-0.2, 0) is 16.1 Å². The molecule has 1 heterocycles. The lowest BCUT2D eigenvalue weighted by atomic mass is 10.0. The van der Waals surface area contributed by atoms with Crippen molar-refractivity contribution in [2.24, 2.45) is 5.92 Å². The third kappa shape index (κ3) is 2.75. The van der Waals surface area contributed by atoms with Crippen LogP contribution >= 0.6 is 11.6 Å². The highest BCUT2D eigenvalue weighted by Crippen LogP contribution is 2.35. The summed E-state index contributed by atoms with van der Waals surface area (Å²) in [6.07, 6.45) is 1.90. The van der Waals surface area contributed by atoms with E-state index < -0.39 is 17.9 Å². The number of carbonyl (C=O) groups excluding carboxylic acids is 2. The summed E-state index contributed by atoms with van der Waals surface area (Å²) < 4.78 is 13.8. The summed E-state index contributed by atoms with van der Waals surface area (Å²) in [7, 11) is 0. The molecule has 4 nitrogen and oxygen atoms in total.